The Balaban J connectivity index is 1.57. The highest BCUT2D eigenvalue weighted by molar-refractivity contribution is 5.98. The normalized spacial score (nSPS) is 11.2. The summed E-state index contributed by atoms with van der Waals surface area (Å²) in [7, 11) is 0. The molecular weight excluding hydrogens is 426 g/mol. The number of hydrogen-bond acceptors (Lipinski definition) is 7. The molecule has 0 saturated carbocycles. The zero-order valence-corrected chi connectivity index (χ0v) is 19.3. The number of amides is 3. The predicted octanol–water partition coefficient (Wildman–Crippen LogP) is 1.27. The average molecular weight is 456 g/mol. The third-order valence-corrected chi connectivity index (χ3v) is 5.55. The predicted molar refractivity (Wildman–Crippen MR) is 120 cm³/mol. The first kappa shape index (κ1) is 23.9. The van der Waals surface area contributed by atoms with E-state index in [1.807, 2.05) is 6.92 Å². The molecule has 0 atom stereocenters. The van der Waals surface area contributed by atoms with Gasteiger partial charge in [-0.25, -0.2) is 9.50 Å². The van der Waals surface area contributed by atoms with Crippen molar-refractivity contribution in [3.63, 3.8) is 0 Å². The van der Waals surface area contributed by atoms with E-state index in [-0.39, 0.29) is 23.7 Å². The number of primary amides is 1. The van der Waals surface area contributed by atoms with Crippen molar-refractivity contribution in [2.45, 2.75) is 47.1 Å². The Morgan fingerprint density at radius 2 is 1.88 bits per heavy atom. The van der Waals surface area contributed by atoms with Crippen molar-refractivity contribution in [2.24, 2.45) is 5.73 Å². The van der Waals surface area contributed by atoms with Gasteiger partial charge in [-0.05, 0) is 51.1 Å². The van der Waals surface area contributed by atoms with Crippen molar-refractivity contribution < 1.29 is 18.8 Å². The van der Waals surface area contributed by atoms with Crippen molar-refractivity contribution in [3.8, 4) is 0 Å². The minimum atomic E-state index is -0.601. The maximum absolute atomic E-state index is 12.3. The standard InChI is InChI=1S/C22H29N7O4/c1-5-28(6-2)12-15-7-9-18(33-15)22(32)27-26-19(30)10-8-16-13(3)25-21-17(20(23)31)11-24-29(21)14(16)4/h7,9,11H,5-6,8,10,12H2,1-4H3,(H2,23,31)(H,26,30)(H,27,32). The monoisotopic (exact) mass is 455 g/mol. The molecule has 3 rings (SSSR count). The Kier molecular flexibility index (Phi) is 7.44. The molecule has 0 aromatic carbocycles. The van der Waals surface area contributed by atoms with E-state index in [0.29, 0.717) is 30.1 Å². The Labute approximate surface area is 191 Å². The molecule has 0 fully saturated rings. The van der Waals surface area contributed by atoms with Crippen LogP contribution in [0, 0.1) is 13.8 Å². The summed E-state index contributed by atoms with van der Waals surface area (Å²) in [5.41, 5.74) is 13.0. The number of nitrogens with zero attached hydrogens (tertiary/aromatic N) is 4. The van der Waals surface area contributed by atoms with Gasteiger partial charge >= 0.3 is 5.91 Å². The zero-order valence-electron chi connectivity index (χ0n) is 19.3. The van der Waals surface area contributed by atoms with Crippen LogP contribution in [0.2, 0.25) is 0 Å². The maximum atomic E-state index is 12.3. The van der Waals surface area contributed by atoms with Crippen LogP contribution in [-0.2, 0) is 17.8 Å². The fraction of sp³-hybridized carbons (Fsp3) is 0.409. The molecule has 0 saturated heterocycles. The van der Waals surface area contributed by atoms with Crippen molar-refractivity contribution in [1.82, 2.24) is 30.3 Å². The highest BCUT2D eigenvalue weighted by atomic mass is 16.4. The fourth-order valence-electron chi connectivity index (χ4n) is 3.59. The summed E-state index contributed by atoms with van der Waals surface area (Å²) < 4.78 is 7.11. The summed E-state index contributed by atoms with van der Waals surface area (Å²) in [5, 5.41) is 4.17. The second-order valence-corrected chi connectivity index (χ2v) is 7.65. The molecule has 0 bridgehead atoms. The molecule has 11 heteroatoms. The van der Waals surface area contributed by atoms with Crippen molar-refractivity contribution in [2.75, 3.05) is 13.1 Å². The van der Waals surface area contributed by atoms with Gasteiger partial charge in [-0.3, -0.25) is 30.1 Å². The number of fused-ring (bicyclic) bond motifs is 1. The first-order valence-corrected chi connectivity index (χ1v) is 10.8. The smallest absolute Gasteiger partial charge is 0.305 e. The van der Waals surface area contributed by atoms with E-state index in [4.69, 9.17) is 10.2 Å². The molecule has 176 valence electrons. The van der Waals surface area contributed by atoms with E-state index in [1.165, 1.54) is 10.7 Å². The van der Waals surface area contributed by atoms with Gasteiger partial charge in [0, 0.05) is 17.8 Å². The molecule has 0 aliphatic carbocycles. The fourth-order valence-corrected chi connectivity index (χ4v) is 3.59. The van der Waals surface area contributed by atoms with Crippen molar-refractivity contribution >= 4 is 23.4 Å². The Hall–Kier alpha value is -3.73. The second kappa shape index (κ2) is 10.3. The van der Waals surface area contributed by atoms with E-state index < -0.39 is 11.8 Å². The van der Waals surface area contributed by atoms with E-state index in [2.05, 4.69) is 39.7 Å². The van der Waals surface area contributed by atoms with Gasteiger partial charge in [0.15, 0.2) is 11.4 Å². The molecule has 0 unspecified atom stereocenters. The van der Waals surface area contributed by atoms with Gasteiger partial charge < -0.3 is 10.2 Å². The molecule has 0 aliphatic heterocycles. The summed E-state index contributed by atoms with van der Waals surface area (Å²) in [6.45, 7) is 10.1. The van der Waals surface area contributed by atoms with Gasteiger partial charge in [0.1, 0.15) is 11.3 Å². The lowest BCUT2D eigenvalue weighted by Gasteiger charge is -2.15. The average Bonchev–Trinajstić information content (AvgIpc) is 3.43. The molecule has 3 heterocycles. The lowest BCUT2D eigenvalue weighted by atomic mass is 10.1. The highest BCUT2D eigenvalue weighted by Gasteiger charge is 2.18. The first-order valence-electron chi connectivity index (χ1n) is 10.8. The topological polar surface area (TPSA) is 148 Å². The molecule has 3 aromatic heterocycles. The van der Waals surface area contributed by atoms with Gasteiger partial charge in [0.2, 0.25) is 5.91 Å². The number of rotatable bonds is 9. The molecule has 33 heavy (non-hydrogen) atoms. The van der Waals surface area contributed by atoms with Crippen LogP contribution < -0.4 is 16.6 Å². The Morgan fingerprint density at radius 1 is 1.15 bits per heavy atom. The molecular formula is C22H29N7O4. The molecule has 3 amide bonds. The number of hydrazine groups is 1. The Bertz CT molecular complexity index is 1180. The van der Waals surface area contributed by atoms with Crippen LogP contribution in [0.25, 0.3) is 5.65 Å². The van der Waals surface area contributed by atoms with Gasteiger partial charge in [-0.15, -0.1) is 0 Å². The SMILES string of the molecule is CCN(CC)Cc1ccc(C(=O)NNC(=O)CCc2c(C)nc3c(C(N)=O)cnn3c2C)o1. The maximum Gasteiger partial charge on any atom is 0.305 e. The van der Waals surface area contributed by atoms with E-state index in [0.717, 1.165) is 24.3 Å². The van der Waals surface area contributed by atoms with Crippen LogP contribution in [0.4, 0.5) is 0 Å². The first-order chi connectivity index (χ1) is 15.7. The zero-order chi connectivity index (χ0) is 24.1. The number of nitrogens with one attached hydrogen (secondary N) is 2. The summed E-state index contributed by atoms with van der Waals surface area (Å²) in [4.78, 5) is 42.7. The van der Waals surface area contributed by atoms with Crippen LogP contribution in [0.1, 0.15) is 63.9 Å². The number of carbonyl (C=O) groups is 3. The van der Waals surface area contributed by atoms with E-state index in [1.54, 1.807) is 19.1 Å². The van der Waals surface area contributed by atoms with Crippen molar-refractivity contribution in [3.05, 3.63) is 52.4 Å². The number of nitrogens with two attached hydrogens (primary N) is 1. The quantitative estimate of drug-likeness (QED) is 0.412. The van der Waals surface area contributed by atoms with Crippen LogP contribution >= 0.6 is 0 Å². The van der Waals surface area contributed by atoms with Gasteiger partial charge in [0.25, 0.3) is 5.91 Å². The molecule has 4 N–H and O–H groups in total. The molecule has 0 radical (unpaired) electrons. The molecule has 0 aliphatic rings. The number of hydrogen-bond donors (Lipinski definition) is 3. The highest BCUT2D eigenvalue weighted by Crippen LogP contribution is 2.18. The number of aryl methyl sites for hydroxylation is 2. The van der Waals surface area contributed by atoms with Gasteiger partial charge in [-0.2, -0.15) is 5.10 Å². The summed E-state index contributed by atoms with van der Waals surface area (Å²) in [6, 6.07) is 3.33. The lowest BCUT2D eigenvalue weighted by molar-refractivity contribution is -0.121. The lowest BCUT2D eigenvalue weighted by Crippen LogP contribution is -2.41. The number of furan rings is 1. The molecule has 3 aromatic rings. The van der Waals surface area contributed by atoms with Crippen LogP contribution in [0.5, 0.6) is 0 Å². The summed E-state index contributed by atoms with van der Waals surface area (Å²) in [5.74, 6) is -0.684. The summed E-state index contributed by atoms with van der Waals surface area (Å²) in [6.07, 6.45) is 1.87. The third-order valence-electron chi connectivity index (χ3n) is 5.55. The van der Waals surface area contributed by atoms with Crippen LogP contribution in [0.15, 0.2) is 22.7 Å². The molecule has 0 spiro atoms. The minimum Gasteiger partial charge on any atom is -0.454 e. The molecule has 11 nitrogen and oxygen atoms in total. The second-order valence-electron chi connectivity index (χ2n) is 7.65. The third kappa shape index (κ3) is 5.37. The minimum absolute atomic E-state index is 0.116. The van der Waals surface area contributed by atoms with Gasteiger partial charge in [0.05, 0.1) is 12.7 Å². The number of carbonyl (C=O) groups excluding carboxylic acids is 3. The van der Waals surface area contributed by atoms with E-state index >= 15 is 0 Å². The number of aromatic nitrogens is 3. The van der Waals surface area contributed by atoms with E-state index in [9.17, 15) is 14.4 Å². The van der Waals surface area contributed by atoms with Crippen LogP contribution in [-0.4, -0.2) is 50.3 Å². The van der Waals surface area contributed by atoms with Crippen LogP contribution in [0.3, 0.4) is 0 Å². The largest absolute Gasteiger partial charge is 0.454 e. The van der Waals surface area contributed by atoms with Crippen molar-refractivity contribution in [1.29, 1.82) is 0 Å². The van der Waals surface area contributed by atoms with Gasteiger partial charge in [-0.1, -0.05) is 13.8 Å². The summed E-state index contributed by atoms with van der Waals surface area (Å²) >= 11 is 0. The Morgan fingerprint density at radius 3 is 2.55 bits per heavy atom.